The zero-order valence-electron chi connectivity index (χ0n) is 53.5. The minimum atomic E-state index is -4.94. The van der Waals surface area contributed by atoms with Crippen molar-refractivity contribution >= 4 is 39.5 Å². The van der Waals surface area contributed by atoms with Gasteiger partial charge in [0.25, 0.3) is 0 Å². The maximum Gasteiger partial charge on any atom is 0.472 e. The van der Waals surface area contributed by atoms with Crippen LogP contribution in [0.1, 0.15) is 318 Å². The number of unbranched alkanes of at least 4 members (excludes halogenated alkanes) is 32. The second-order valence-corrected chi connectivity index (χ2v) is 26.8. The van der Waals surface area contributed by atoms with Crippen LogP contribution in [-0.4, -0.2) is 96.7 Å². The lowest BCUT2D eigenvalue weighted by molar-refractivity contribution is -0.161. The fourth-order valence-electron chi connectivity index (χ4n) is 9.50. The van der Waals surface area contributed by atoms with Gasteiger partial charge in [-0.3, -0.25) is 37.3 Å². The van der Waals surface area contributed by atoms with Crippen LogP contribution in [0.4, 0.5) is 0 Å². The number of carbonyl (C=O) groups excluding carboxylic acids is 4. The summed E-state index contributed by atoms with van der Waals surface area (Å²) < 4.78 is 68.0. The Morgan fingerprint density at radius 2 is 0.614 bits per heavy atom. The van der Waals surface area contributed by atoms with Gasteiger partial charge in [0.05, 0.1) is 26.4 Å². The Labute approximate surface area is 505 Å². The number of carbonyl (C=O) groups is 4. The topological polar surface area (TPSA) is 237 Å². The van der Waals surface area contributed by atoms with Crippen LogP contribution in [0.15, 0.2) is 0 Å². The minimum absolute atomic E-state index is 0.104. The molecule has 6 atom stereocenters. The summed E-state index contributed by atoms with van der Waals surface area (Å²) in [4.78, 5) is 72.2. The number of rotatable bonds is 63. The maximum atomic E-state index is 13.0. The summed E-state index contributed by atoms with van der Waals surface area (Å²) in [5, 5.41) is 10.5. The molecule has 0 spiro atoms. The van der Waals surface area contributed by atoms with Gasteiger partial charge in [-0.25, -0.2) is 9.13 Å². The fourth-order valence-corrected chi connectivity index (χ4v) is 11.1. The Morgan fingerprint density at radius 1 is 0.349 bits per heavy atom. The summed E-state index contributed by atoms with van der Waals surface area (Å²) in [5.41, 5.74) is 0. The molecule has 0 saturated heterocycles. The van der Waals surface area contributed by atoms with E-state index in [1.807, 2.05) is 0 Å². The van der Waals surface area contributed by atoms with Gasteiger partial charge in [0.2, 0.25) is 0 Å². The van der Waals surface area contributed by atoms with Crippen LogP contribution in [0.25, 0.3) is 0 Å². The van der Waals surface area contributed by atoms with E-state index in [1.165, 1.54) is 135 Å². The Balaban J connectivity index is 5.25. The molecule has 492 valence electrons. The van der Waals surface area contributed by atoms with Gasteiger partial charge in [-0.15, -0.1) is 0 Å². The van der Waals surface area contributed by atoms with E-state index in [4.69, 9.17) is 37.0 Å². The van der Waals surface area contributed by atoms with Crippen molar-refractivity contribution in [2.24, 2.45) is 11.8 Å². The lowest BCUT2D eigenvalue weighted by Gasteiger charge is -2.21. The highest BCUT2D eigenvalue weighted by atomic mass is 31.2. The first kappa shape index (κ1) is 81.1. The van der Waals surface area contributed by atoms with E-state index in [0.717, 1.165) is 102 Å². The molecule has 0 aliphatic rings. The van der Waals surface area contributed by atoms with Gasteiger partial charge in [-0.1, -0.05) is 266 Å². The first-order valence-corrected chi connectivity index (χ1v) is 36.5. The van der Waals surface area contributed by atoms with Crippen molar-refractivity contribution in [1.29, 1.82) is 0 Å². The van der Waals surface area contributed by atoms with Gasteiger partial charge in [-0.2, -0.15) is 0 Å². The first-order chi connectivity index (χ1) is 39.9. The number of aliphatic hydroxyl groups is 1. The standard InChI is InChI=1S/C64H124O17P2/c1-7-10-12-14-16-18-19-21-30-36-42-48-63(68)80-59(52-74-61(66)46-40-34-28-20-17-15-13-11-8-2)54-78-82(70,71)76-50-58(65)51-77-83(72,73)79-55-60(53-75-62(67)47-41-35-29-24-22-26-32-38-44-56(4)5)81-64(69)49-43-37-31-25-23-27-33-39-45-57(6)9-3/h56-60,65H,7-55H2,1-6H3,(H,70,71)(H,72,73)/t57?,58-,59+,60+/m0/s1. The van der Waals surface area contributed by atoms with Crippen molar-refractivity contribution in [2.45, 2.75) is 336 Å². The predicted octanol–water partition coefficient (Wildman–Crippen LogP) is 17.7. The smallest absolute Gasteiger partial charge is 0.462 e. The summed E-state index contributed by atoms with van der Waals surface area (Å²) >= 11 is 0. The van der Waals surface area contributed by atoms with Crippen molar-refractivity contribution in [2.75, 3.05) is 39.6 Å². The van der Waals surface area contributed by atoms with Crippen LogP contribution in [0.3, 0.4) is 0 Å². The number of phosphoric acid groups is 2. The molecule has 3 unspecified atom stereocenters. The van der Waals surface area contributed by atoms with E-state index in [9.17, 15) is 43.2 Å². The molecule has 0 fully saturated rings. The molecule has 19 heteroatoms. The average Bonchev–Trinajstić information content (AvgIpc) is 3.46. The van der Waals surface area contributed by atoms with E-state index in [2.05, 4.69) is 41.5 Å². The van der Waals surface area contributed by atoms with Crippen molar-refractivity contribution in [3.63, 3.8) is 0 Å². The highest BCUT2D eigenvalue weighted by Crippen LogP contribution is 2.45. The lowest BCUT2D eigenvalue weighted by Crippen LogP contribution is -2.30. The number of ether oxygens (including phenoxy) is 4. The second kappa shape index (κ2) is 56.6. The molecule has 0 radical (unpaired) electrons. The van der Waals surface area contributed by atoms with Crippen LogP contribution < -0.4 is 0 Å². The number of esters is 4. The van der Waals surface area contributed by atoms with Gasteiger partial charge in [-0.05, 0) is 37.5 Å². The molecule has 0 saturated carbocycles. The molecular weight excluding hydrogens is 1100 g/mol. The van der Waals surface area contributed by atoms with Gasteiger partial charge in [0.15, 0.2) is 12.2 Å². The van der Waals surface area contributed by atoms with Crippen LogP contribution in [0.2, 0.25) is 0 Å². The summed E-state index contributed by atoms with van der Waals surface area (Å²) in [6.07, 6.45) is 38.8. The van der Waals surface area contributed by atoms with Crippen molar-refractivity contribution in [1.82, 2.24) is 0 Å². The molecule has 0 aromatic carbocycles. The zero-order chi connectivity index (χ0) is 61.5. The Hall–Kier alpha value is -1.94. The first-order valence-electron chi connectivity index (χ1n) is 33.5. The third-order valence-electron chi connectivity index (χ3n) is 15.1. The van der Waals surface area contributed by atoms with E-state index in [-0.39, 0.29) is 25.7 Å². The van der Waals surface area contributed by atoms with Crippen LogP contribution >= 0.6 is 15.6 Å². The molecule has 17 nitrogen and oxygen atoms in total. The molecule has 0 aromatic rings. The van der Waals surface area contributed by atoms with Crippen molar-refractivity contribution < 1.29 is 80.2 Å². The number of hydrogen-bond acceptors (Lipinski definition) is 15. The second-order valence-electron chi connectivity index (χ2n) is 23.9. The SMILES string of the molecule is CCCCCCCCCCCCCC(=O)O[C@H](COC(=O)CCCCCCCCCCC)COP(=O)(O)OC[C@H](O)COP(=O)(O)OC[C@@H](COC(=O)CCCCCCCCCCC(C)C)OC(=O)CCCCCCCCCCC(C)CC. The maximum absolute atomic E-state index is 13.0. The average molecular weight is 1230 g/mol. The monoisotopic (exact) mass is 1230 g/mol. The van der Waals surface area contributed by atoms with E-state index < -0.39 is 97.5 Å². The van der Waals surface area contributed by atoms with Gasteiger partial charge < -0.3 is 33.8 Å². The number of phosphoric ester groups is 2. The van der Waals surface area contributed by atoms with E-state index in [0.29, 0.717) is 25.7 Å². The Kier molecular flexibility index (Phi) is 55.2. The highest BCUT2D eigenvalue weighted by Gasteiger charge is 2.30. The third-order valence-corrected chi connectivity index (χ3v) is 17.0. The molecule has 0 amide bonds. The predicted molar refractivity (Wildman–Crippen MR) is 331 cm³/mol. The van der Waals surface area contributed by atoms with E-state index in [1.54, 1.807) is 0 Å². The van der Waals surface area contributed by atoms with Gasteiger partial charge >= 0.3 is 39.5 Å². The van der Waals surface area contributed by atoms with Crippen LogP contribution in [-0.2, 0) is 65.4 Å². The largest absolute Gasteiger partial charge is 0.472 e. The molecule has 83 heavy (non-hydrogen) atoms. The molecular formula is C64H124O17P2. The molecule has 0 bridgehead atoms. The normalized spacial score (nSPS) is 14.6. The zero-order valence-corrected chi connectivity index (χ0v) is 55.3. The van der Waals surface area contributed by atoms with Crippen molar-refractivity contribution in [3.05, 3.63) is 0 Å². The van der Waals surface area contributed by atoms with Gasteiger partial charge in [0, 0.05) is 25.7 Å². The number of aliphatic hydroxyl groups excluding tert-OH is 1. The molecule has 0 aromatic heterocycles. The van der Waals surface area contributed by atoms with Crippen LogP contribution in [0, 0.1) is 11.8 Å². The molecule has 0 rings (SSSR count). The van der Waals surface area contributed by atoms with Gasteiger partial charge in [0.1, 0.15) is 19.3 Å². The molecule has 0 heterocycles. The Bertz CT molecular complexity index is 1630. The number of hydrogen-bond donors (Lipinski definition) is 3. The summed E-state index contributed by atoms with van der Waals surface area (Å²) in [5.74, 6) is -0.639. The summed E-state index contributed by atoms with van der Waals surface area (Å²) in [6, 6.07) is 0. The molecule has 3 N–H and O–H groups in total. The fraction of sp³-hybridized carbons (Fsp3) is 0.938. The molecule has 0 aliphatic carbocycles. The van der Waals surface area contributed by atoms with E-state index >= 15 is 0 Å². The van der Waals surface area contributed by atoms with Crippen molar-refractivity contribution in [3.8, 4) is 0 Å². The minimum Gasteiger partial charge on any atom is -0.462 e. The Morgan fingerprint density at radius 3 is 0.916 bits per heavy atom. The highest BCUT2D eigenvalue weighted by molar-refractivity contribution is 7.47. The summed E-state index contributed by atoms with van der Waals surface area (Å²) in [7, 11) is -9.89. The summed E-state index contributed by atoms with van der Waals surface area (Å²) in [6.45, 7) is 9.44. The third kappa shape index (κ3) is 57.6. The van der Waals surface area contributed by atoms with Crippen LogP contribution in [0.5, 0.6) is 0 Å². The quantitative estimate of drug-likeness (QED) is 0.0222. The lowest BCUT2D eigenvalue weighted by atomic mass is 9.99. The molecule has 0 aliphatic heterocycles.